The molecule has 124 valence electrons. The molecule has 2 N–H and O–H groups in total. The molecule has 0 aliphatic carbocycles. The Labute approximate surface area is 135 Å². The smallest absolute Gasteiger partial charge is 0.269 e. The van der Waals surface area contributed by atoms with E-state index in [4.69, 9.17) is 4.74 Å². The largest absolute Gasteiger partial charge is 0.380 e. The van der Waals surface area contributed by atoms with Gasteiger partial charge in [-0.3, -0.25) is 25.2 Å². The van der Waals surface area contributed by atoms with Crippen LogP contribution >= 0.6 is 0 Å². The van der Waals surface area contributed by atoms with Crippen molar-refractivity contribution in [3.8, 4) is 0 Å². The van der Waals surface area contributed by atoms with Gasteiger partial charge in [-0.1, -0.05) is 17.7 Å². The third kappa shape index (κ3) is 4.07. The molecule has 1 aromatic carbocycles. The summed E-state index contributed by atoms with van der Waals surface area (Å²) in [7, 11) is 1.54. The highest BCUT2D eigenvalue weighted by Gasteiger charge is 2.38. The van der Waals surface area contributed by atoms with Gasteiger partial charge in [-0.15, -0.1) is 0 Å². The summed E-state index contributed by atoms with van der Waals surface area (Å²) in [4.78, 5) is 37.3. The maximum atomic E-state index is 12.2. The van der Waals surface area contributed by atoms with Crippen LogP contribution in [0.15, 0.2) is 24.3 Å². The highest BCUT2D eigenvalue weighted by atomic mass is 16.5. The molecule has 7 nitrogen and oxygen atoms in total. The van der Waals surface area contributed by atoms with E-state index in [1.165, 1.54) is 11.8 Å². The van der Waals surface area contributed by atoms with Crippen molar-refractivity contribution in [2.45, 2.75) is 32.4 Å². The Kier molecular flexibility index (Phi) is 5.33. The zero-order valence-corrected chi connectivity index (χ0v) is 13.5. The summed E-state index contributed by atoms with van der Waals surface area (Å²) >= 11 is 0. The molecular formula is C16H21N3O4. The van der Waals surface area contributed by atoms with Gasteiger partial charge in [0.25, 0.3) is 11.8 Å². The Balaban J connectivity index is 1.96. The number of ether oxygens (including phenoxy) is 1. The van der Waals surface area contributed by atoms with Crippen molar-refractivity contribution in [3.05, 3.63) is 35.4 Å². The van der Waals surface area contributed by atoms with Crippen LogP contribution in [-0.2, 0) is 14.3 Å². The standard InChI is InChI=1S/C16H21N3O4/c1-10-5-4-6-12(7-10)15(21)17-18-16(22)14-8-13(23-3)9-19(14)11(2)20/h4-7,13-14H,8-9H2,1-3H3,(H,17,21)(H,18,22)/t13-,14+/m0/s1. The zero-order chi connectivity index (χ0) is 17.0. The number of nitrogens with zero attached hydrogens (tertiary/aromatic N) is 1. The van der Waals surface area contributed by atoms with Crippen molar-refractivity contribution >= 4 is 17.7 Å². The average Bonchev–Trinajstić information content (AvgIpc) is 2.97. The molecule has 0 radical (unpaired) electrons. The van der Waals surface area contributed by atoms with E-state index >= 15 is 0 Å². The van der Waals surface area contributed by atoms with Gasteiger partial charge in [0, 0.05) is 32.6 Å². The number of nitrogens with one attached hydrogen (secondary N) is 2. The van der Waals surface area contributed by atoms with Crippen molar-refractivity contribution in [2.75, 3.05) is 13.7 Å². The van der Waals surface area contributed by atoms with Gasteiger partial charge in [-0.25, -0.2) is 0 Å². The molecule has 1 fully saturated rings. The molecule has 1 aliphatic rings. The van der Waals surface area contributed by atoms with E-state index in [0.717, 1.165) is 5.56 Å². The number of hydrogen-bond donors (Lipinski definition) is 2. The van der Waals surface area contributed by atoms with Crippen LogP contribution in [0, 0.1) is 6.92 Å². The highest BCUT2D eigenvalue weighted by molar-refractivity contribution is 5.96. The lowest BCUT2D eigenvalue weighted by Crippen LogP contribution is -2.51. The SMILES string of the molecule is CO[C@H]1C[C@H](C(=O)NNC(=O)c2cccc(C)c2)N(C(C)=O)C1. The number of methoxy groups -OCH3 is 1. The lowest BCUT2D eigenvalue weighted by molar-refractivity contribution is -0.137. The average molecular weight is 319 g/mol. The molecule has 0 bridgehead atoms. The summed E-state index contributed by atoms with van der Waals surface area (Å²) in [5.41, 5.74) is 6.16. The molecule has 1 heterocycles. The summed E-state index contributed by atoms with van der Waals surface area (Å²) < 4.78 is 5.22. The predicted octanol–water partition coefficient (Wildman–Crippen LogP) is 0.392. The monoisotopic (exact) mass is 319 g/mol. The summed E-state index contributed by atoms with van der Waals surface area (Å²) in [6, 6.07) is 6.38. The Morgan fingerprint density at radius 3 is 2.61 bits per heavy atom. The van der Waals surface area contributed by atoms with Crippen LogP contribution in [0.5, 0.6) is 0 Å². The fraction of sp³-hybridized carbons (Fsp3) is 0.438. The third-order valence-corrected chi connectivity index (χ3v) is 3.88. The van der Waals surface area contributed by atoms with Crippen molar-refractivity contribution in [3.63, 3.8) is 0 Å². The molecule has 0 saturated carbocycles. The number of aryl methyl sites for hydroxylation is 1. The number of benzene rings is 1. The Morgan fingerprint density at radius 2 is 2.00 bits per heavy atom. The lowest BCUT2D eigenvalue weighted by atomic mass is 10.1. The summed E-state index contributed by atoms with van der Waals surface area (Å²) in [6.45, 7) is 3.66. The van der Waals surface area contributed by atoms with E-state index in [1.54, 1.807) is 25.3 Å². The quantitative estimate of drug-likeness (QED) is 0.789. The molecule has 7 heteroatoms. The van der Waals surface area contributed by atoms with Crippen molar-refractivity contribution in [2.24, 2.45) is 0 Å². The maximum Gasteiger partial charge on any atom is 0.269 e. The van der Waals surface area contributed by atoms with Crippen molar-refractivity contribution in [1.29, 1.82) is 0 Å². The summed E-state index contributed by atoms with van der Waals surface area (Å²) in [6.07, 6.45) is 0.226. The van der Waals surface area contributed by atoms with E-state index in [0.29, 0.717) is 18.5 Å². The van der Waals surface area contributed by atoms with E-state index < -0.39 is 17.9 Å². The number of carbonyl (C=O) groups excluding carboxylic acids is 3. The second kappa shape index (κ2) is 7.23. The Hall–Kier alpha value is -2.41. The molecule has 1 aliphatic heterocycles. The first-order valence-corrected chi connectivity index (χ1v) is 7.39. The predicted molar refractivity (Wildman–Crippen MR) is 83.4 cm³/mol. The summed E-state index contributed by atoms with van der Waals surface area (Å²) in [5, 5.41) is 0. The van der Waals surface area contributed by atoms with E-state index in [2.05, 4.69) is 10.9 Å². The first-order chi connectivity index (χ1) is 10.9. The van der Waals surface area contributed by atoms with Gasteiger partial charge in [0.2, 0.25) is 5.91 Å². The van der Waals surface area contributed by atoms with Crippen molar-refractivity contribution in [1.82, 2.24) is 15.8 Å². The Morgan fingerprint density at radius 1 is 1.26 bits per heavy atom. The minimum absolute atomic E-state index is 0.179. The maximum absolute atomic E-state index is 12.2. The van der Waals surface area contributed by atoms with Gasteiger partial charge >= 0.3 is 0 Å². The normalized spacial score (nSPS) is 20.2. The van der Waals surface area contributed by atoms with Gasteiger partial charge < -0.3 is 9.64 Å². The number of likely N-dealkylation sites (tertiary alicyclic amines) is 1. The first-order valence-electron chi connectivity index (χ1n) is 7.39. The second-order valence-corrected chi connectivity index (χ2v) is 5.59. The second-order valence-electron chi connectivity index (χ2n) is 5.59. The number of hydrogen-bond acceptors (Lipinski definition) is 4. The minimum Gasteiger partial charge on any atom is -0.380 e. The van der Waals surface area contributed by atoms with Crippen LogP contribution in [0.2, 0.25) is 0 Å². The fourth-order valence-electron chi connectivity index (χ4n) is 2.62. The highest BCUT2D eigenvalue weighted by Crippen LogP contribution is 2.20. The van der Waals surface area contributed by atoms with Crippen LogP contribution in [-0.4, -0.2) is 48.4 Å². The topological polar surface area (TPSA) is 87.7 Å². The van der Waals surface area contributed by atoms with Gasteiger partial charge in [0.15, 0.2) is 0 Å². The van der Waals surface area contributed by atoms with Crippen LogP contribution in [0.1, 0.15) is 29.3 Å². The third-order valence-electron chi connectivity index (χ3n) is 3.88. The first kappa shape index (κ1) is 17.0. The van der Waals surface area contributed by atoms with Gasteiger partial charge in [-0.2, -0.15) is 0 Å². The number of carbonyl (C=O) groups is 3. The molecule has 1 aromatic rings. The molecular weight excluding hydrogens is 298 g/mol. The Bertz CT molecular complexity index is 617. The van der Waals surface area contributed by atoms with Crippen molar-refractivity contribution < 1.29 is 19.1 Å². The molecule has 0 unspecified atom stereocenters. The molecule has 23 heavy (non-hydrogen) atoms. The van der Waals surface area contributed by atoms with Gasteiger partial charge in [-0.05, 0) is 19.1 Å². The van der Waals surface area contributed by atoms with E-state index in [9.17, 15) is 14.4 Å². The molecule has 2 atom stereocenters. The summed E-state index contributed by atoms with van der Waals surface area (Å²) in [5.74, 6) is -1.03. The van der Waals surface area contributed by atoms with Crippen LogP contribution in [0.25, 0.3) is 0 Å². The van der Waals surface area contributed by atoms with Gasteiger partial charge in [0.1, 0.15) is 6.04 Å². The minimum atomic E-state index is -0.643. The van der Waals surface area contributed by atoms with Crippen LogP contribution in [0.4, 0.5) is 0 Å². The molecule has 1 saturated heterocycles. The van der Waals surface area contributed by atoms with E-state index in [1.807, 2.05) is 13.0 Å². The zero-order valence-electron chi connectivity index (χ0n) is 13.5. The van der Waals surface area contributed by atoms with Crippen LogP contribution in [0.3, 0.4) is 0 Å². The molecule has 3 amide bonds. The number of amides is 3. The van der Waals surface area contributed by atoms with Crippen LogP contribution < -0.4 is 10.9 Å². The number of hydrazine groups is 1. The molecule has 2 rings (SSSR count). The van der Waals surface area contributed by atoms with Gasteiger partial charge in [0.05, 0.1) is 6.10 Å². The fourth-order valence-corrected chi connectivity index (χ4v) is 2.62. The number of rotatable bonds is 3. The molecule has 0 aromatic heterocycles. The lowest BCUT2D eigenvalue weighted by Gasteiger charge is -2.22. The molecule has 0 spiro atoms. The van der Waals surface area contributed by atoms with E-state index in [-0.39, 0.29) is 12.0 Å².